The van der Waals surface area contributed by atoms with E-state index in [-0.39, 0.29) is 0 Å². The Morgan fingerprint density at radius 1 is 0.952 bits per heavy atom. The topological polar surface area (TPSA) is 27.7 Å². The molecule has 3 nitrogen and oxygen atoms in total. The molecule has 21 heavy (non-hydrogen) atoms. The second-order valence-corrected chi connectivity index (χ2v) is 10.2. The molecule has 0 rings (SSSR count). The van der Waals surface area contributed by atoms with Crippen molar-refractivity contribution in [3.8, 4) is 0 Å². The van der Waals surface area contributed by atoms with Crippen molar-refractivity contribution in [2.24, 2.45) is 0 Å². The standard InChI is InChI=1S/C17H36O3Si/c1-6-9-10-11-12-17(7-2)21(4,5)20-16-15-19-14-13-18-8-3/h7,17H,2,6,8-16H2,1,3-5H3. The van der Waals surface area contributed by atoms with Gasteiger partial charge < -0.3 is 13.9 Å². The summed E-state index contributed by atoms with van der Waals surface area (Å²) < 4.78 is 16.9. The average Bonchev–Trinajstić information content (AvgIpc) is 2.46. The van der Waals surface area contributed by atoms with Crippen LogP contribution in [0.4, 0.5) is 0 Å². The summed E-state index contributed by atoms with van der Waals surface area (Å²) in [6, 6.07) is 0. The molecule has 0 spiro atoms. The summed E-state index contributed by atoms with van der Waals surface area (Å²) in [6.07, 6.45) is 8.55. The Bertz CT molecular complexity index is 244. The van der Waals surface area contributed by atoms with Crippen LogP contribution >= 0.6 is 0 Å². The van der Waals surface area contributed by atoms with Crippen LogP contribution in [-0.4, -0.2) is 41.4 Å². The van der Waals surface area contributed by atoms with E-state index in [4.69, 9.17) is 13.9 Å². The zero-order chi connectivity index (χ0) is 16.0. The van der Waals surface area contributed by atoms with Gasteiger partial charge in [0.05, 0.1) is 26.4 Å². The molecule has 0 aliphatic rings. The van der Waals surface area contributed by atoms with Crippen molar-refractivity contribution >= 4 is 8.32 Å². The largest absolute Gasteiger partial charge is 0.414 e. The van der Waals surface area contributed by atoms with Gasteiger partial charge in [-0.05, 0) is 32.0 Å². The van der Waals surface area contributed by atoms with Gasteiger partial charge in [-0.3, -0.25) is 0 Å². The minimum Gasteiger partial charge on any atom is -0.414 e. The molecule has 0 aromatic heterocycles. The minimum absolute atomic E-state index is 0.540. The maximum atomic E-state index is 6.15. The van der Waals surface area contributed by atoms with Gasteiger partial charge in [0, 0.05) is 6.61 Å². The van der Waals surface area contributed by atoms with Crippen molar-refractivity contribution in [3.05, 3.63) is 12.7 Å². The first-order valence-electron chi connectivity index (χ1n) is 8.50. The van der Waals surface area contributed by atoms with Crippen LogP contribution in [0.15, 0.2) is 12.7 Å². The Morgan fingerprint density at radius 2 is 1.62 bits per heavy atom. The highest BCUT2D eigenvalue weighted by molar-refractivity contribution is 6.73. The second-order valence-electron chi connectivity index (χ2n) is 5.95. The van der Waals surface area contributed by atoms with E-state index in [2.05, 4.69) is 32.7 Å². The third kappa shape index (κ3) is 11.1. The molecule has 0 radical (unpaired) electrons. The smallest absolute Gasteiger partial charge is 0.193 e. The molecule has 0 aromatic rings. The molecule has 1 unspecified atom stereocenters. The Balaban J connectivity index is 3.82. The Morgan fingerprint density at radius 3 is 2.24 bits per heavy atom. The summed E-state index contributed by atoms with van der Waals surface area (Å²) in [4.78, 5) is 0. The van der Waals surface area contributed by atoms with E-state index in [1.54, 1.807) is 0 Å². The Kier molecular flexibility index (Phi) is 13.4. The SMILES string of the molecule is C=CC(CCCCCC)[Si](C)(C)OCCOCCOCC. The number of allylic oxidation sites excluding steroid dienone is 1. The van der Waals surface area contributed by atoms with Crippen molar-refractivity contribution in [2.45, 2.75) is 64.6 Å². The summed E-state index contributed by atoms with van der Waals surface area (Å²) in [7, 11) is -1.70. The summed E-state index contributed by atoms with van der Waals surface area (Å²) >= 11 is 0. The van der Waals surface area contributed by atoms with Crippen molar-refractivity contribution in [2.75, 3.05) is 33.0 Å². The van der Waals surface area contributed by atoms with Crippen LogP contribution in [0.3, 0.4) is 0 Å². The number of hydrogen-bond donors (Lipinski definition) is 0. The molecule has 0 aliphatic heterocycles. The molecule has 0 saturated carbocycles. The average molecular weight is 317 g/mol. The van der Waals surface area contributed by atoms with Crippen LogP contribution in [0.25, 0.3) is 0 Å². The Labute approximate surface area is 133 Å². The molecular formula is C17H36O3Si. The number of ether oxygens (including phenoxy) is 2. The van der Waals surface area contributed by atoms with E-state index < -0.39 is 8.32 Å². The van der Waals surface area contributed by atoms with E-state index in [1.165, 1.54) is 32.1 Å². The molecule has 0 amide bonds. The maximum absolute atomic E-state index is 6.15. The first-order chi connectivity index (χ1) is 10.1. The highest BCUT2D eigenvalue weighted by Gasteiger charge is 2.30. The molecule has 0 aliphatic carbocycles. The summed E-state index contributed by atoms with van der Waals surface area (Å²) in [5.41, 5.74) is 0.540. The molecule has 126 valence electrons. The fourth-order valence-electron chi connectivity index (χ4n) is 2.38. The van der Waals surface area contributed by atoms with Crippen LogP contribution < -0.4 is 0 Å². The van der Waals surface area contributed by atoms with Crippen LogP contribution in [0.5, 0.6) is 0 Å². The number of hydrogen-bond acceptors (Lipinski definition) is 3. The third-order valence-electron chi connectivity index (χ3n) is 3.82. The van der Waals surface area contributed by atoms with Crippen LogP contribution in [0, 0.1) is 0 Å². The van der Waals surface area contributed by atoms with Crippen molar-refractivity contribution in [1.82, 2.24) is 0 Å². The van der Waals surface area contributed by atoms with E-state index >= 15 is 0 Å². The lowest BCUT2D eigenvalue weighted by Gasteiger charge is -2.30. The lowest BCUT2D eigenvalue weighted by molar-refractivity contribution is 0.0391. The fourth-order valence-corrected chi connectivity index (χ4v) is 4.67. The maximum Gasteiger partial charge on any atom is 0.193 e. The van der Waals surface area contributed by atoms with E-state index in [0.29, 0.717) is 32.0 Å². The number of unbranched alkanes of at least 4 members (excludes halogenated alkanes) is 3. The predicted octanol–water partition coefficient (Wildman–Crippen LogP) is 4.79. The van der Waals surface area contributed by atoms with Gasteiger partial charge in [0.15, 0.2) is 8.32 Å². The van der Waals surface area contributed by atoms with Crippen LogP contribution in [0.2, 0.25) is 18.6 Å². The number of rotatable bonds is 15. The third-order valence-corrected chi connectivity index (χ3v) is 7.08. The molecule has 0 N–H and O–H groups in total. The lowest BCUT2D eigenvalue weighted by Crippen LogP contribution is -2.37. The molecule has 0 saturated heterocycles. The summed E-state index contributed by atoms with van der Waals surface area (Å²) in [5, 5.41) is 0. The molecular weight excluding hydrogens is 280 g/mol. The monoisotopic (exact) mass is 316 g/mol. The molecule has 1 atom stereocenters. The highest BCUT2D eigenvalue weighted by Crippen LogP contribution is 2.29. The van der Waals surface area contributed by atoms with E-state index in [9.17, 15) is 0 Å². The molecule has 0 fully saturated rings. The van der Waals surface area contributed by atoms with Gasteiger partial charge in [-0.25, -0.2) is 0 Å². The zero-order valence-electron chi connectivity index (χ0n) is 14.7. The summed E-state index contributed by atoms with van der Waals surface area (Å²) in [6.45, 7) is 16.2. The molecule has 0 heterocycles. The second kappa shape index (κ2) is 13.5. The highest BCUT2D eigenvalue weighted by atomic mass is 28.4. The fraction of sp³-hybridized carbons (Fsp3) is 0.882. The zero-order valence-corrected chi connectivity index (χ0v) is 15.7. The van der Waals surface area contributed by atoms with Gasteiger partial charge in [-0.15, -0.1) is 6.58 Å². The van der Waals surface area contributed by atoms with Crippen molar-refractivity contribution < 1.29 is 13.9 Å². The van der Waals surface area contributed by atoms with Crippen molar-refractivity contribution in [3.63, 3.8) is 0 Å². The van der Waals surface area contributed by atoms with Crippen LogP contribution in [-0.2, 0) is 13.9 Å². The van der Waals surface area contributed by atoms with Gasteiger partial charge in [0.25, 0.3) is 0 Å². The first-order valence-corrected chi connectivity index (χ1v) is 11.5. The minimum atomic E-state index is -1.70. The lowest BCUT2D eigenvalue weighted by atomic mass is 10.1. The quantitative estimate of drug-likeness (QED) is 0.247. The molecule has 4 heteroatoms. The summed E-state index contributed by atoms with van der Waals surface area (Å²) in [5.74, 6) is 0. The van der Waals surface area contributed by atoms with Gasteiger partial charge in [-0.2, -0.15) is 0 Å². The normalized spacial score (nSPS) is 13.3. The van der Waals surface area contributed by atoms with Crippen LogP contribution in [0.1, 0.15) is 46.0 Å². The van der Waals surface area contributed by atoms with Gasteiger partial charge in [0.1, 0.15) is 0 Å². The van der Waals surface area contributed by atoms with E-state index in [1.807, 2.05) is 6.92 Å². The molecule has 0 bridgehead atoms. The van der Waals surface area contributed by atoms with Gasteiger partial charge in [0.2, 0.25) is 0 Å². The molecule has 0 aromatic carbocycles. The predicted molar refractivity (Wildman–Crippen MR) is 93.5 cm³/mol. The van der Waals surface area contributed by atoms with Crippen molar-refractivity contribution in [1.29, 1.82) is 0 Å². The Hall–Kier alpha value is -0.163. The first kappa shape index (κ1) is 20.8. The van der Waals surface area contributed by atoms with Gasteiger partial charge in [-0.1, -0.05) is 38.7 Å². The van der Waals surface area contributed by atoms with Gasteiger partial charge >= 0.3 is 0 Å². The van der Waals surface area contributed by atoms with E-state index in [0.717, 1.165) is 6.61 Å².